The standard InChI is InChI=1S/C16H24N2O3/c1-11(2)18(10-12-6-3-4-9-17-12)16(21)15-13(19)7-5-8-14(15)20/h5,7-8,11-12,17,19-20H,3-4,6,9-10H2,1-2H3. The van der Waals surface area contributed by atoms with E-state index in [1.54, 1.807) is 4.90 Å². The first-order valence-electron chi connectivity index (χ1n) is 7.56. The Morgan fingerprint density at radius 1 is 1.33 bits per heavy atom. The van der Waals surface area contributed by atoms with Crippen LogP contribution in [0, 0.1) is 0 Å². The summed E-state index contributed by atoms with van der Waals surface area (Å²) in [5.41, 5.74) is -0.0120. The van der Waals surface area contributed by atoms with Crippen LogP contribution in [-0.4, -0.2) is 46.2 Å². The van der Waals surface area contributed by atoms with Crippen molar-refractivity contribution in [2.75, 3.05) is 13.1 Å². The van der Waals surface area contributed by atoms with Gasteiger partial charge >= 0.3 is 0 Å². The molecule has 5 heteroatoms. The smallest absolute Gasteiger partial charge is 0.261 e. The second kappa shape index (κ2) is 6.80. The molecule has 1 aliphatic rings. The summed E-state index contributed by atoms with van der Waals surface area (Å²) >= 11 is 0. The molecule has 1 saturated heterocycles. The van der Waals surface area contributed by atoms with Crippen molar-refractivity contribution in [3.8, 4) is 11.5 Å². The van der Waals surface area contributed by atoms with Crippen LogP contribution in [0.15, 0.2) is 18.2 Å². The number of phenols is 2. The van der Waals surface area contributed by atoms with E-state index in [-0.39, 0.29) is 35.1 Å². The van der Waals surface area contributed by atoms with E-state index in [1.165, 1.54) is 31.0 Å². The minimum absolute atomic E-state index is 0.000215. The molecule has 1 amide bonds. The van der Waals surface area contributed by atoms with Crippen LogP contribution < -0.4 is 5.32 Å². The second-order valence-electron chi connectivity index (χ2n) is 5.87. The van der Waals surface area contributed by atoms with E-state index >= 15 is 0 Å². The van der Waals surface area contributed by atoms with Crippen molar-refractivity contribution in [2.24, 2.45) is 0 Å². The minimum atomic E-state index is -0.326. The third-order valence-electron chi connectivity index (χ3n) is 3.95. The highest BCUT2D eigenvalue weighted by atomic mass is 16.3. The fraction of sp³-hybridized carbons (Fsp3) is 0.562. The Kier molecular flexibility index (Phi) is 5.07. The molecule has 1 unspecified atom stereocenters. The summed E-state index contributed by atoms with van der Waals surface area (Å²) in [6, 6.07) is 4.64. The number of benzene rings is 1. The molecule has 1 atom stereocenters. The fourth-order valence-electron chi connectivity index (χ4n) is 2.74. The monoisotopic (exact) mass is 292 g/mol. The number of hydrogen-bond acceptors (Lipinski definition) is 4. The molecule has 0 aromatic heterocycles. The Balaban J connectivity index is 2.19. The molecule has 1 aromatic carbocycles. The molecule has 116 valence electrons. The van der Waals surface area contributed by atoms with Crippen molar-refractivity contribution < 1.29 is 15.0 Å². The van der Waals surface area contributed by atoms with Crippen LogP contribution in [0.1, 0.15) is 43.5 Å². The Morgan fingerprint density at radius 2 is 2.00 bits per heavy atom. The van der Waals surface area contributed by atoms with Crippen molar-refractivity contribution in [3.05, 3.63) is 23.8 Å². The number of rotatable bonds is 4. The van der Waals surface area contributed by atoms with Gasteiger partial charge in [0.15, 0.2) is 0 Å². The van der Waals surface area contributed by atoms with Gasteiger partial charge < -0.3 is 20.4 Å². The van der Waals surface area contributed by atoms with Gasteiger partial charge in [-0.1, -0.05) is 12.5 Å². The van der Waals surface area contributed by atoms with Crippen LogP contribution in [0.2, 0.25) is 0 Å². The topological polar surface area (TPSA) is 72.8 Å². The molecule has 2 rings (SSSR count). The Bertz CT molecular complexity index is 476. The summed E-state index contributed by atoms with van der Waals surface area (Å²) in [5.74, 6) is -0.683. The van der Waals surface area contributed by atoms with Crippen molar-refractivity contribution in [3.63, 3.8) is 0 Å². The molecule has 1 aliphatic heterocycles. The molecule has 5 nitrogen and oxygen atoms in total. The molecular formula is C16H24N2O3. The lowest BCUT2D eigenvalue weighted by molar-refractivity contribution is 0.0670. The van der Waals surface area contributed by atoms with Gasteiger partial charge in [-0.25, -0.2) is 0 Å². The number of hydrogen-bond donors (Lipinski definition) is 3. The van der Waals surface area contributed by atoms with Gasteiger partial charge in [0.25, 0.3) is 5.91 Å². The number of phenolic OH excluding ortho intramolecular Hbond substituents is 2. The lowest BCUT2D eigenvalue weighted by Crippen LogP contribution is -2.48. The molecule has 21 heavy (non-hydrogen) atoms. The average molecular weight is 292 g/mol. The first kappa shape index (κ1) is 15.6. The van der Waals surface area contributed by atoms with Gasteiger partial charge in [-0.15, -0.1) is 0 Å². The summed E-state index contributed by atoms with van der Waals surface area (Å²) in [6.07, 6.45) is 3.38. The number of carbonyl (C=O) groups is 1. The summed E-state index contributed by atoms with van der Waals surface area (Å²) in [6.45, 7) is 5.45. The van der Waals surface area contributed by atoms with Gasteiger partial charge in [-0.05, 0) is 45.4 Å². The van der Waals surface area contributed by atoms with Gasteiger partial charge in [0, 0.05) is 18.6 Å². The lowest BCUT2D eigenvalue weighted by Gasteiger charge is -2.33. The van der Waals surface area contributed by atoms with Crippen LogP contribution in [0.25, 0.3) is 0 Å². The third-order valence-corrected chi connectivity index (χ3v) is 3.95. The van der Waals surface area contributed by atoms with E-state index in [2.05, 4.69) is 5.32 Å². The zero-order chi connectivity index (χ0) is 15.4. The van der Waals surface area contributed by atoms with Gasteiger partial charge in [-0.2, -0.15) is 0 Å². The number of carbonyl (C=O) groups excluding carboxylic acids is 1. The molecule has 3 N–H and O–H groups in total. The molecule has 0 radical (unpaired) electrons. The molecule has 1 heterocycles. The molecule has 1 aromatic rings. The maximum atomic E-state index is 12.7. The SMILES string of the molecule is CC(C)N(CC1CCCCN1)C(=O)c1c(O)cccc1O. The van der Waals surface area contributed by atoms with E-state index in [0.29, 0.717) is 6.54 Å². The van der Waals surface area contributed by atoms with E-state index in [1.807, 2.05) is 13.8 Å². The predicted molar refractivity (Wildman–Crippen MR) is 81.6 cm³/mol. The van der Waals surface area contributed by atoms with Crippen LogP contribution in [0.5, 0.6) is 11.5 Å². The number of nitrogens with one attached hydrogen (secondary N) is 1. The van der Waals surface area contributed by atoms with Gasteiger partial charge in [0.2, 0.25) is 0 Å². The van der Waals surface area contributed by atoms with E-state index < -0.39 is 0 Å². The minimum Gasteiger partial charge on any atom is -0.507 e. The maximum absolute atomic E-state index is 12.7. The first-order chi connectivity index (χ1) is 10.0. The molecule has 1 fully saturated rings. The average Bonchev–Trinajstić information content (AvgIpc) is 2.45. The normalized spacial score (nSPS) is 18.7. The number of nitrogens with zero attached hydrogens (tertiary/aromatic N) is 1. The van der Waals surface area contributed by atoms with Crippen LogP contribution in [0.4, 0.5) is 0 Å². The Morgan fingerprint density at radius 3 is 2.52 bits per heavy atom. The Hall–Kier alpha value is -1.75. The van der Waals surface area contributed by atoms with Crippen molar-refractivity contribution in [1.82, 2.24) is 10.2 Å². The zero-order valence-corrected chi connectivity index (χ0v) is 12.7. The van der Waals surface area contributed by atoms with Crippen LogP contribution >= 0.6 is 0 Å². The first-order valence-corrected chi connectivity index (χ1v) is 7.56. The lowest BCUT2D eigenvalue weighted by atomic mass is 10.0. The highest BCUT2D eigenvalue weighted by molar-refractivity contribution is 5.99. The number of amides is 1. The zero-order valence-electron chi connectivity index (χ0n) is 12.7. The highest BCUT2D eigenvalue weighted by Crippen LogP contribution is 2.28. The molecule has 0 spiro atoms. The van der Waals surface area contributed by atoms with Crippen molar-refractivity contribution in [2.45, 2.75) is 45.2 Å². The number of piperidine rings is 1. The summed E-state index contributed by atoms with van der Waals surface area (Å²) in [7, 11) is 0. The largest absolute Gasteiger partial charge is 0.507 e. The van der Waals surface area contributed by atoms with E-state index in [4.69, 9.17) is 0 Å². The third kappa shape index (κ3) is 3.67. The number of aromatic hydroxyl groups is 2. The summed E-state index contributed by atoms with van der Waals surface area (Å²) in [5, 5.41) is 23.2. The van der Waals surface area contributed by atoms with E-state index in [9.17, 15) is 15.0 Å². The molecule has 0 aliphatic carbocycles. The Labute approximate surface area is 125 Å². The van der Waals surface area contributed by atoms with Gasteiger partial charge in [0.05, 0.1) is 0 Å². The van der Waals surface area contributed by atoms with Crippen molar-refractivity contribution >= 4 is 5.91 Å². The quantitative estimate of drug-likeness (QED) is 0.794. The molecule has 0 bridgehead atoms. The fourth-order valence-corrected chi connectivity index (χ4v) is 2.74. The van der Waals surface area contributed by atoms with Gasteiger partial charge in [-0.3, -0.25) is 4.79 Å². The van der Waals surface area contributed by atoms with Crippen molar-refractivity contribution in [1.29, 1.82) is 0 Å². The van der Waals surface area contributed by atoms with E-state index in [0.717, 1.165) is 13.0 Å². The second-order valence-corrected chi connectivity index (χ2v) is 5.87. The van der Waals surface area contributed by atoms with Crippen LogP contribution in [0.3, 0.4) is 0 Å². The summed E-state index contributed by atoms with van der Waals surface area (Å²) in [4.78, 5) is 14.4. The predicted octanol–water partition coefficient (Wildman–Crippen LogP) is 2.09. The molecule has 0 saturated carbocycles. The van der Waals surface area contributed by atoms with Gasteiger partial charge in [0.1, 0.15) is 17.1 Å². The van der Waals surface area contributed by atoms with Crippen LogP contribution in [-0.2, 0) is 0 Å². The summed E-state index contributed by atoms with van der Waals surface area (Å²) < 4.78 is 0. The maximum Gasteiger partial charge on any atom is 0.261 e. The molecular weight excluding hydrogens is 268 g/mol. The highest BCUT2D eigenvalue weighted by Gasteiger charge is 2.27.